The molecule has 24 heavy (non-hydrogen) atoms. The normalized spacial score (nSPS) is 16.1. The first-order valence-corrected chi connectivity index (χ1v) is 10.3. The number of fused-ring (bicyclic) bond motifs is 1. The summed E-state index contributed by atoms with van der Waals surface area (Å²) in [5.41, 5.74) is 3.10. The van der Waals surface area contributed by atoms with Crippen molar-refractivity contribution in [3.63, 3.8) is 0 Å². The van der Waals surface area contributed by atoms with Crippen LogP contribution in [0.1, 0.15) is 32.8 Å². The molecular weight excluding hydrogens is 344 g/mol. The van der Waals surface area contributed by atoms with Gasteiger partial charge in [-0.15, -0.1) is 11.3 Å². The summed E-state index contributed by atoms with van der Waals surface area (Å²) in [6.45, 7) is 6.75. The largest absolute Gasteiger partial charge is 0.748 e. The van der Waals surface area contributed by atoms with Crippen LogP contribution in [0.2, 0.25) is 0 Å². The lowest BCUT2D eigenvalue weighted by Gasteiger charge is -2.17. The molecule has 0 unspecified atom stereocenters. The van der Waals surface area contributed by atoms with Gasteiger partial charge in [-0.1, -0.05) is 6.07 Å². The summed E-state index contributed by atoms with van der Waals surface area (Å²) in [6, 6.07) is 6.24. The van der Waals surface area contributed by atoms with Gasteiger partial charge in [-0.05, 0) is 49.7 Å². The zero-order valence-electron chi connectivity index (χ0n) is 13.9. The van der Waals surface area contributed by atoms with Crippen LogP contribution in [0.15, 0.2) is 34.8 Å². The summed E-state index contributed by atoms with van der Waals surface area (Å²) in [6.07, 6.45) is 2.28. The molecule has 1 aliphatic heterocycles. The Morgan fingerprint density at radius 2 is 2.12 bits per heavy atom. The fourth-order valence-corrected chi connectivity index (χ4v) is 4.07. The second-order valence-corrected chi connectivity index (χ2v) is 9.05. The van der Waals surface area contributed by atoms with Crippen LogP contribution >= 0.6 is 11.3 Å². The number of nitrogens with zero attached hydrogens (tertiary/aromatic N) is 2. The van der Waals surface area contributed by atoms with E-state index in [2.05, 4.69) is 26.0 Å². The van der Waals surface area contributed by atoms with Gasteiger partial charge in [-0.3, -0.25) is 0 Å². The summed E-state index contributed by atoms with van der Waals surface area (Å²) in [5.74, 6) is 0.505. The molecule has 0 aromatic carbocycles. The van der Waals surface area contributed by atoms with Crippen molar-refractivity contribution in [1.29, 1.82) is 0 Å². The van der Waals surface area contributed by atoms with Gasteiger partial charge in [0.25, 0.3) is 0 Å². The third-order valence-electron chi connectivity index (χ3n) is 4.56. The van der Waals surface area contributed by atoms with Crippen LogP contribution in [0.4, 0.5) is 5.82 Å². The highest BCUT2D eigenvalue weighted by molar-refractivity contribution is 7.85. The first-order valence-electron chi connectivity index (χ1n) is 7.80. The molecule has 0 amide bonds. The number of rotatable bonds is 5. The van der Waals surface area contributed by atoms with Crippen LogP contribution in [0.3, 0.4) is 0 Å². The monoisotopic (exact) mass is 364 g/mol. The van der Waals surface area contributed by atoms with Crippen molar-refractivity contribution in [1.82, 2.24) is 0 Å². The molecule has 0 saturated heterocycles. The van der Waals surface area contributed by atoms with Gasteiger partial charge in [-0.25, -0.2) is 13.0 Å². The predicted octanol–water partition coefficient (Wildman–Crippen LogP) is 3.02. The van der Waals surface area contributed by atoms with Crippen molar-refractivity contribution in [2.24, 2.45) is 4.99 Å². The van der Waals surface area contributed by atoms with Crippen molar-refractivity contribution in [3.8, 4) is 10.4 Å². The third kappa shape index (κ3) is 3.29. The SMILES string of the molecule is CC1=Nc2c(cc(-c3cccs3)c[n+]2CCCS(=O)(=O)[O-])C1(C)C. The number of thiophene rings is 1. The maximum absolute atomic E-state index is 10.9. The second kappa shape index (κ2) is 6.06. The maximum Gasteiger partial charge on any atom is 0.327 e. The Balaban J connectivity index is 2.03. The summed E-state index contributed by atoms with van der Waals surface area (Å²) in [5, 5.41) is 2.03. The van der Waals surface area contributed by atoms with E-state index in [1.54, 1.807) is 11.3 Å². The van der Waals surface area contributed by atoms with Gasteiger partial charge >= 0.3 is 5.82 Å². The Labute approximate surface area is 146 Å². The molecule has 1 aliphatic rings. The average molecular weight is 364 g/mol. The van der Waals surface area contributed by atoms with Crippen molar-refractivity contribution >= 4 is 33.0 Å². The van der Waals surface area contributed by atoms with E-state index in [1.165, 1.54) is 0 Å². The van der Waals surface area contributed by atoms with E-state index < -0.39 is 10.1 Å². The minimum absolute atomic E-state index is 0.158. The van der Waals surface area contributed by atoms with Gasteiger partial charge in [0.2, 0.25) is 0 Å². The number of aromatic nitrogens is 1. The Kier molecular flexibility index (Phi) is 4.36. The number of aliphatic imine (C=N–C) groups is 1. The molecule has 2 aromatic rings. The van der Waals surface area contributed by atoms with Gasteiger partial charge in [0.05, 0.1) is 33.8 Å². The van der Waals surface area contributed by atoms with Gasteiger partial charge in [-0.2, -0.15) is 0 Å². The molecule has 0 fully saturated rings. The fraction of sp³-hybridized carbons (Fsp3) is 0.412. The second-order valence-electron chi connectivity index (χ2n) is 6.57. The molecule has 128 valence electrons. The van der Waals surface area contributed by atoms with Crippen LogP contribution in [-0.4, -0.2) is 24.4 Å². The highest BCUT2D eigenvalue weighted by Gasteiger charge is 2.41. The summed E-state index contributed by atoms with van der Waals surface area (Å²) < 4.78 is 34.6. The number of pyridine rings is 1. The molecule has 0 atom stereocenters. The molecule has 0 N–H and O–H groups in total. The molecule has 0 spiro atoms. The van der Waals surface area contributed by atoms with E-state index in [0.29, 0.717) is 6.54 Å². The van der Waals surface area contributed by atoms with Gasteiger partial charge in [0.15, 0.2) is 0 Å². The minimum Gasteiger partial charge on any atom is -0.748 e. The Hall–Kier alpha value is -1.57. The minimum atomic E-state index is -4.19. The first-order chi connectivity index (χ1) is 11.2. The molecule has 2 aromatic heterocycles. The molecule has 5 nitrogen and oxygen atoms in total. The lowest BCUT2D eigenvalue weighted by molar-refractivity contribution is -0.683. The fourth-order valence-electron chi connectivity index (χ4n) is 2.88. The summed E-state index contributed by atoms with van der Waals surface area (Å²) >= 11 is 1.66. The molecule has 0 saturated carbocycles. The van der Waals surface area contributed by atoms with Crippen LogP contribution in [0, 0.1) is 0 Å². The Bertz CT molecular complexity index is 898. The molecule has 0 radical (unpaired) electrons. The van der Waals surface area contributed by atoms with E-state index in [1.807, 2.05) is 29.1 Å². The Morgan fingerprint density at radius 3 is 2.75 bits per heavy atom. The number of hydrogen-bond donors (Lipinski definition) is 0. The topological polar surface area (TPSA) is 73.4 Å². The number of hydrogen-bond acceptors (Lipinski definition) is 5. The first kappa shape index (κ1) is 17.3. The predicted molar refractivity (Wildman–Crippen MR) is 94.9 cm³/mol. The van der Waals surface area contributed by atoms with Crippen molar-refractivity contribution < 1.29 is 17.5 Å². The zero-order chi connectivity index (χ0) is 17.5. The van der Waals surface area contributed by atoms with Crippen LogP contribution in [0.25, 0.3) is 10.4 Å². The Morgan fingerprint density at radius 1 is 1.38 bits per heavy atom. The van der Waals surface area contributed by atoms with Gasteiger partial charge in [0.1, 0.15) is 5.71 Å². The maximum atomic E-state index is 10.9. The van der Waals surface area contributed by atoms with Crippen LogP contribution in [0.5, 0.6) is 0 Å². The van der Waals surface area contributed by atoms with Crippen LogP contribution < -0.4 is 4.57 Å². The highest BCUT2D eigenvalue weighted by Crippen LogP contribution is 2.40. The summed E-state index contributed by atoms with van der Waals surface area (Å²) in [7, 11) is -4.19. The van der Waals surface area contributed by atoms with Crippen molar-refractivity contribution in [2.45, 2.75) is 39.2 Å². The molecule has 7 heteroatoms. The van der Waals surface area contributed by atoms with Gasteiger partial charge < -0.3 is 4.55 Å². The molecular formula is C17H20N2O3S2. The lowest BCUT2D eigenvalue weighted by atomic mass is 9.82. The standard InChI is InChI=1S/C17H20N2O3S2/c1-12-17(2,3)14-10-13(15-6-4-8-23-15)11-19(16(14)18-12)7-5-9-24(20,21)22/h4,6,8,10-11H,5,7,9H2,1-3H3. The van der Waals surface area contributed by atoms with E-state index in [0.717, 1.165) is 27.5 Å². The number of aryl methyl sites for hydroxylation is 1. The quantitative estimate of drug-likeness (QED) is 0.605. The van der Waals surface area contributed by atoms with Gasteiger partial charge in [0, 0.05) is 16.2 Å². The molecule has 0 aliphatic carbocycles. The average Bonchev–Trinajstić information content (AvgIpc) is 3.07. The van der Waals surface area contributed by atoms with E-state index in [4.69, 9.17) is 4.99 Å². The van der Waals surface area contributed by atoms with E-state index in [-0.39, 0.29) is 17.6 Å². The molecule has 3 rings (SSSR count). The third-order valence-corrected chi connectivity index (χ3v) is 6.27. The van der Waals surface area contributed by atoms with E-state index in [9.17, 15) is 13.0 Å². The van der Waals surface area contributed by atoms with Crippen molar-refractivity contribution in [3.05, 3.63) is 35.3 Å². The molecule has 3 heterocycles. The van der Waals surface area contributed by atoms with Crippen molar-refractivity contribution in [2.75, 3.05) is 5.75 Å². The summed E-state index contributed by atoms with van der Waals surface area (Å²) in [4.78, 5) is 5.85. The lowest BCUT2D eigenvalue weighted by Crippen LogP contribution is -2.36. The smallest absolute Gasteiger partial charge is 0.327 e. The highest BCUT2D eigenvalue weighted by atomic mass is 32.2. The molecule has 0 bridgehead atoms. The zero-order valence-corrected chi connectivity index (χ0v) is 15.6. The van der Waals surface area contributed by atoms with Crippen LogP contribution in [-0.2, 0) is 22.1 Å². The van der Waals surface area contributed by atoms with E-state index >= 15 is 0 Å².